The van der Waals surface area contributed by atoms with E-state index in [1.165, 1.54) is 33.2 Å². The number of rotatable bonds is 10. The number of hydrogen-bond donors (Lipinski definition) is 1. The number of nitrogens with zero attached hydrogens (tertiary/aromatic N) is 4. The molecule has 1 aliphatic heterocycles. The van der Waals surface area contributed by atoms with Crippen molar-refractivity contribution in [3.63, 3.8) is 0 Å². The van der Waals surface area contributed by atoms with E-state index >= 15 is 0 Å². The summed E-state index contributed by atoms with van der Waals surface area (Å²) < 4.78 is 42.1. The van der Waals surface area contributed by atoms with Gasteiger partial charge >= 0.3 is 6.09 Å². The second-order valence-corrected chi connectivity index (χ2v) is 14.3. The lowest BCUT2D eigenvalue weighted by atomic mass is 9.87. The summed E-state index contributed by atoms with van der Waals surface area (Å²) in [6, 6.07) is 18.2. The van der Waals surface area contributed by atoms with Crippen LogP contribution in [0.1, 0.15) is 83.7 Å². The van der Waals surface area contributed by atoms with E-state index in [2.05, 4.69) is 10.4 Å². The maximum Gasteiger partial charge on any atom is 0.410 e. The van der Waals surface area contributed by atoms with Gasteiger partial charge in [-0.15, -0.1) is 11.3 Å². The molecule has 0 bridgehead atoms. The van der Waals surface area contributed by atoms with Crippen molar-refractivity contribution >= 4 is 34.2 Å². The minimum Gasteiger partial charge on any atom is -0.445 e. The van der Waals surface area contributed by atoms with Gasteiger partial charge < -0.3 is 24.3 Å². The zero-order valence-corrected chi connectivity index (χ0v) is 29.2. The molecular formula is C38H39F2N5O5S. The lowest BCUT2D eigenvalue weighted by Gasteiger charge is -2.36. The molecule has 2 atom stereocenters. The molecule has 4 heterocycles. The zero-order valence-electron chi connectivity index (χ0n) is 28.4. The third kappa shape index (κ3) is 7.31. The monoisotopic (exact) mass is 715 g/mol. The molecule has 1 saturated carbocycles. The fraction of sp³-hybridized carbons (Fsp3) is 0.368. The Morgan fingerprint density at radius 2 is 1.90 bits per heavy atom. The Bertz CT molecular complexity index is 2100. The molecule has 2 aromatic carbocycles. The Kier molecular flexibility index (Phi) is 9.75. The second-order valence-electron chi connectivity index (χ2n) is 13.3. The molecule has 1 N–H and O–H groups in total. The van der Waals surface area contributed by atoms with E-state index in [4.69, 9.17) is 9.47 Å². The van der Waals surface area contributed by atoms with Crippen LogP contribution in [0.4, 0.5) is 13.6 Å². The fourth-order valence-electron chi connectivity index (χ4n) is 6.74. The first-order valence-corrected chi connectivity index (χ1v) is 18.0. The Morgan fingerprint density at radius 3 is 2.65 bits per heavy atom. The van der Waals surface area contributed by atoms with Crippen molar-refractivity contribution in [1.82, 2.24) is 24.6 Å². The summed E-state index contributed by atoms with van der Waals surface area (Å²) in [6.45, 7) is 2.93. The molecule has 10 nitrogen and oxygen atoms in total. The largest absolute Gasteiger partial charge is 0.445 e. The van der Waals surface area contributed by atoms with Crippen molar-refractivity contribution in [2.45, 2.75) is 76.4 Å². The first-order chi connectivity index (χ1) is 24.6. The van der Waals surface area contributed by atoms with Gasteiger partial charge in [-0.25, -0.2) is 18.3 Å². The number of benzene rings is 2. The van der Waals surface area contributed by atoms with E-state index < -0.39 is 54.6 Å². The predicted octanol–water partition coefficient (Wildman–Crippen LogP) is 7.86. The van der Waals surface area contributed by atoms with Gasteiger partial charge in [-0.1, -0.05) is 54.6 Å². The van der Waals surface area contributed by atoms with Gasteiger partial charge in [0.05, 0.1) is 28.7 Å². The van der Waals surface area contributed by atoms with Crippen LogP contribution in [-0.4, -0.2) is 50.8 Å². The van der Waals surface area contributed by atoms with Crippen molar-refractivity contribution in [1.29, 1.82) is 0 Å². The van der Waals surface area contributed by atoms with Crippen molar-refractivity contribution < 1.29 is 27.8 Å². The zero-order chi connectivity index (χ0) is 35.7. The topological polar surface area (TPSA) is 108 Å². The van der Waals surface area contributed by atoms with E-state index in [0.717, 1.165) is 40.0 Å². The maximum atomic E-state index is 14.1. The summed E-state index contributed by atoms with van der Waals surface area (Å²) >= 11 is 1.49. The van der Waals surface area contributed by atoms with Gasteiger partial charge in [0.2, 0.25) is 0 Å². The number of fused-ring (bicyclic) bond motifs is 1. The molecule has 2 fully saturated rings. The Labute approximate surface area is 297 Å². The number of carbonyl (C=O) groups is 2. The molecule has 3 aromatic heterocycles. The number of alkyl halides is 2. The van der Waals surface area contributed by atoms with E-state index in [1.807, 2.05) is 73.0 Å². The van der Waals surface area contributed by atoms with Gasteiger partial charge in [0.1, 0.15) is 6.61 Å². The summed E-state index contributed by atoms with van der Waals surface area (Å²) in [5, 5.41) is 9.73. The third-order valence-electron chi connectivity index (χ3n) is 9.57. The van der Waals surface area contributed by atoms with Crippen molar-refractivity contribution in [2.75, 3.05) is 13.7 Å². The van der Waals surface area contributed by atoms with Gasteiger partial charge in [-0.2, -0.15) is 5.10 Å². The van der Waals surface area contributed by atoms with Crippen molar-refractivity contribution in [3.8, 4) is 11.1 Å². The van der Waals surface area contributed by atoms with Gasteiger partial charge in [0.25, 0.3) is 17.4 Å². The van der Waals surface area contributed by atoms with Gasteiger partial charge in [0.15, 0.2) is 6.23 Å². The molecular weight excluding hydrogens is 677 g/mol. The van der Waals surface area contributed by atoms with Gasteiger partial charge in [0, 0.05) is 50.2 Å². The highest BCUT2D eigenvalue weighted by molar-refractivity contribution is 7.10. The summed E-state index contributed by atoms with van der Waals surface area (Å²) in [5.41, 5.74) is 3.80. The normalized spacial score (nSPS) is 17.8. The number of nitrogens with one attached hydrogen (secondary N) is 1. The Morgan fingerprint density at radius 1 is 1.14 bits per heavy atom. The second kappa shape index (κ2) is 14.4. The summed E-state index contributed by atoms with van der Waals surface area (Å²) in [7, 11) is 1.70. The highest BCUT2D eigenvalue weighted by atomic mass is 32.1. The molecule has 2 aliphatic rings. The van der Waals surface area contributed by atoms with Crippen LogP contribution in [0.3, 0.4) is 0 Å². The summed E-state index contributed by atoms with van der Waals surface area (Å²) in [6.07, 6.45) is 3.53. The lowest BCUT2D eigenvalue weighted by molar-refractivity contribution is -0.104. The SMILES string of the molecule is C[C@@H](NC(=O)c1cn(C2CC(F)(F)C2)c(=O)c2cnn(C3CCCCO3)c12)c1cc(-c2ccccc2CN(C)C(=O)OCc2ccccc2)cs1. The standard InChI is InChI=1S/C38H39F2N5O5S/c1-24(32-16-27(23-51-32)29-13-7-6-12-26(29)20-43(2)37(48)50-22-25-10-4-3-5-11-25)42-35(46)31-21-44(28-17-38(39,40)18-28)36(47)30-19-41-45(34(30)31)33-14-8-9-15-49-33/h3-7,10-13,16,19,21,23-24,28,33H,8-9,14-15,17-18,20,22H2,1-2H3,(H,42,46)/t24-,33?/m1/s1. The molecule has 0 radical (unpaired) electrons. The van der Waals surface area contributed by atoms with Crippen LogP contribution in [0.2, 0.25) is 0 Å². The summed E-state index contributed by atoms with van der Waals surface area (Å²) in [4.78, 5) is 42.8. The first-order valence-electron chi connectivity index (χ1n) is 17.1. The Hall–Kier alpha value is -4.88. The Balaban J connectivity index is 1.10. The van der Waals surface area contributed by atoms with E-state index in [9.17, 15) is 23.2 Å². The van der Waals surface area contributed by atoms with Crippen LogP contribution >= 0.6 is 11.3 Å². The summed E-state index contributed by atoms with van der Waals surface area (Å²) in [5.74, 6) is -3.29. The number of amides is 2. The van der Waals surface area contributed by atoms with E-state index in [0.29, 0.717) is 25.1 Å². The van der Waals surface area contributed by atoms with Gasteiger partial charge in [-0.3, -0.25) is 9.59 Å². The lowest BCUT2D eigenvalue weighted by Crippen LogP contribution is -2.41. The molecule has 266 valence electrons. The van der Waals surface area contributed by atoms with Crippen LogP contribution in [0.5, 0.6) is 0 Å². The minimum atomic E-state index is -2.84. The van der Waals surface area contributed by atoms with Crippen molar-refractivity contribution in [2.24, 2.45) is 0 Å². The average molecular weight is 716 g/mol. The fourth-order valence-corrected chi connectivity index (χ4v) is 7.66. The number of thiophene rings is 1. The van der Waals surface area contributed by atoms with Crippen LogP contribution in [-0.2, 0) is 22.6 Å². The third-order valence-corrected chi connectivity index (χ3v) is 10.7. The molecule has 0 spiro atoms. The van der Waals surface area contributed by atoms with E-state index in [1.54, 1.807) is 11.7 Å². The molecule has 2 amide bonds. The molecule has 51 heavy (non-hydrogen) atoms. The smallest absolute Gasteiger partial charge is 0.410 e. The highest BCUT2D eigenvalue weighted by Gasteiger charge is 2.47. The van der Waals surface area contributed by atoms with Crippen LogP contribution in [0.15, 0.2) is 83.2 Å². The highest BCUT2D eigenvalue weighted by Crippen LogP contribution is 2.45. The van der Waals surface area contributed by atoms with Gasteiger partial charge in [-0.05, 0) is 59.9 Å². The predicted molar refractivity (Wildman–Crippen MR) is 190 cm³/mol. The molecule has 1 aliphatic carbocycles. The van der Waals surface area contributed by atoms with Crippen molar-refractivity contribution in [3.05, 3.63) is 110 Å². The number of ether oxygens (including phenoxy) is 2. The molecule has 13 heteroatoms. The number of carbonyl (C=O) groups excluding carboxylic acids is 2. The van der Waals surface area contributed by atoms with E-state index in [-0.39, 0.29) is 17.6 Å². The van der Waals surface area contributed by atoms with Crippen LogP contribution < -0.4 is 10.9 Å². The number of pyridine rings is 1. The molecule has 7 rings (SSSR count). The maximum absolute atomic E-state index is 14.1. The average Bonchev–Trinajstić information content (AvgIpc) is 3.80. The minimum absolute atomic E-state index is 0.183. The van der Waals surface area contributed by atoms with Crippen LogP contribution in [0, 0.1) is 0 Å². The number of halogens is 2. The number of aromatic nitrogens is 3. The quantitative estimate of drug-likeness (QED) is 0.158. The van der Waals surface area contributed by atoms with Crippen LogP contribution in [0.25, 0.3) is 22.0 Å². The molecule has 5 aromatic rings. The molecule has 1 saturated heterocycles. The first kappa shape index (κ1) is 34.6. The number of hydrogen-bond acceptors (Lipinski definition) is 7. The molecule has 1 unspecified atom stereocenters.